The van der Waals surface area contributed by atoms with Crippen LogP contribution in [0.3, 0.4) is 0 Å². The van der Waals surface area contributed by atoms with Crippen molar-refractivity contribution < 1.29 is 19.2 Å². The number of hydrogen-bond acceptors (Lipinski definition) is 22. The summed E-state index contributed by atoms with van der Waals surface area (Å²) < 4.78 is 7.85. The van der Waals surface area contributed by atoms with Gasteiger partial charge in [0.25, 0.3) is 23.6 Å². The number of pyridine rings is 2. The summed E-state index contributed by atoms with van der Waals surface area (Å²) in [5, 5.41) is 13.5. The number of anilines is 12. The lowest BCUT2D eigenvalue weighted by Gasteiger charge is -2.21. The molecular weight excluding hydrogens is 1810 g/mol. The Balaban J connectivity index is 0.000000154. The van der Waals surface area contributed by atoms with Crippen molar-refractivity contribution in [2.45, 2.75) is 117 Å². The summed E-state index contributed by atoms with van der Waals surface area (Å²) >= 11 is 0. The van der Waals surface area contributed by atoms with Crippen LogP contribution in [-0.4, -0.2) is 137 Å². The molecule has 4 aliphatic rings. The molecule has 10 aromatic heterocycles. The van der Waals surface area contributed by atoms with Gasteiger partial charge in [-0.25, -0.2) is 49.8 Å². The Labute approximate surface area is 827 Å². The van der Waals surface area contributed by atoms with Gasteiger partial charge in [0.2, 0.25) is 0 Å². The standard InChI is InChI=1S/C27H26N6O.C26H25N7O.C26H24N6O.C25H23N7O.4H2S/c1-3-8-23(34)32-15-7-11-22(32)27-31-24(25-26(28)29-14-16-33(25)27)19-12-13-21(18(2)17-19)30-20-9-5-4-6-10-20;1-3-7-22(34)32-14-6-8-20(32)26-31-23(24-25(27)29-13-15-33(24)26)18-10-11-19(17(2)16-18)30-21-9-4-5-12-28-21;1-2-7-22(33)31-16-6-10-21(31)26-30-23(24-25(27)28-15-17-32(24)26)18-11-13-20(14-12-18)29-19-8-4-3-5-9-19;1-2-6-21(33)31-15-5-7-19(31)25-30-22(23-24(26)28-14-16-32(23)25)17-9-11-18(12-10-17)29-20-8-3-4-13-27-20;;;;/h4-6,9-10,12-14,16-17,22,30H,7,11,15H2,1-2H3,(H2,28,29);4-5,9-13,15-16,20H,6,8,14H2,1-2H3,(H2,27,29)(H,28,30);3-5,8-9,11-15,17,21,29H,6,10,16H2,1H3,(H2,27,28);3-4,8-14,16,19H,5,7,15H2,1H3,(H2,26,28)(H,27,29);4*1H2/t22-;20-;21-;19-;;;;/m0000..../s1. The van der Waals surface area contributed by atoms with E-state index in [-0.39, 0.29) is 102 Å². The topological polar surface area (TPSA) is 380 Å². The molecule has 16 aromatic rings. The van der Waals surface area contributed by atoms with Crippen LogP contribution in [0, 0.1) is 61.2 Å². The molecule has 20 rings (SSSR count). The molecule has 4 aliphatic heterocycles. The van der Waals surface area contributed by atoms with Crippen molar-refractivity contribution in [3.05, 3.63) is 278 Å². The van der Waals surface area contributed by atoms with Gasteiger partial charge in [0.1, 0.15) is 103 Å². The quantitative estimate of drug-likeness (QED) is 0.0417. The zero-order valence-corrected chi connectivity index (χ0v) is 80.9. The van der Waals surface area contributed by atoms with Gasteiger partial charge in [0.15, 0.2) is 0 Å². The predicted octanol–water partition coefficient (Wildman–Crippen LogP) is 17.5. The minimum Gasteiger partial charge on any atom is -0.382 e. The summed E-state index contributed by atoms with van der Waals surface area (Å²) in [5.41, 5.74) is 43.0. The number of nitrogens with two attached hydrogens (primary N) is 4. The van der Waals surface area contributed by atoms with Crippen molar-refractivity contribution in [3.63, 3.8) is 0 Å². The third kappa shape index (κ3) is 21.4. The summed E-state index contributed by atoms with van der Waals surface area (Å²) in [5.74, 6) is 27.1. The molecular formula is C104H106N26O4S4. The summed E-state index contributed by atoms with van der Waals surface area (Å²) in [6.45, 7) is 13.5. The molecule has 0 aliphatic carbocycles. The summed E-state index contributed by atoms with van der Waals surface area (Å²) in [6.07, 6.45) is 24.5. The zero-order valence-electron chi connectivity index (χ0n) is 76.9. The Morgan fingerprint density at radius 3 is 0.891 bits per heavy atom. The number of aromatic nitrogens is 14. The van der Waals surface area contributed by atoms with Crippen LogP contribution < -0.4 is 44.2 Å². The number of imidazole rings is 4. The molecule has 12 N–H and O–H groups in total. The number of carbonyl (C=O) groups excluding carboxylic acids is 4. The Morgan fingerprint density at radius 1 is 0.312 bits per heavy atom. The lowest BCUT2D eigenvalue weighted by Crippen LogP contribution is -2.30. The maximum atomic E-state index is 12.6. The molecule has 138 heavy (non-hydrogen) atoms. The van der Waals surface area contributed by atoms with Crippen molar-refractivity contribution >= 4 is 169 Å². The minimum absolute atomic E-state index is 0. The number of nitrogen functional groups attached to an aromatic ring is 4. The number of benzene rings is 6. The SMILES string of the molecule is CC#CC(=O)N1CCC[C@H]1c1nc(-c2ccc(Nc3ccccc3)c(C)c2)c2c(N)nccn12.CC#CC(=O)N1CCC[C@H]1c1nc(-c2ccc(Nc3ccccc3)cc2)c2c(N)nccn12.CC#CC(=O)N1CCC[C@H]1c1nc(-c2ccc(Nc3ccccn3)c(C)c2)c2c(N)nccn12.CC#CC(=O)N1CCC[C@H]1c1nc(-c2ccc(Nc3ccccn3)cc2)c2c(N)nccn12.S.S.S.S. The Hall–Kier alpha value is -16.0. The van der Waals surface area contributed by atoms with E-state index >= 15 is 0 Å². The molecule has 700 valence electrons. The van der Waals surface area contributed by atoms with Gasteiger partial charge < -0.3 is 63.8 Å². The fraction of sp³-hybridized carbons (Fsp3) is 0.212. The van der Waals surface area contributed by atoms with Crippen LogP contribution in [0.5, 0.6) is 0 Å². The summed E-state index contributed by atoms with van der Waals surface area (Å²) in [4.78, 5) is 103. The molecule has 0 bridgehead atoms. The lowest BCUT2D eigenvalue weighted by atomic mass is 10.1. The van der Waals surface area contributed by atoms with Crippen molar-refractivity contribution in [1.29, 1.82) is 0 Å². The van der Waals surface area contributed by atoms with Gasteiger partial charge in [-0.05, 0) is 225 Å². The van der Waals surface area contributed by atoms with Crippen molar-refractivity contribution in [2.75, 3.05) is 70.4 Å². The van der Waals surface area contributed by atoms with E-state index in [0.717, 1.165) is 199 Å². The smallest absolute Gasteiger partial charge is 0.299 e. The van der Waals surface area contributed by atoms with Crippen LogP contribution in [0.1, 0.15) is 138 Å². The number of aryl methyl sites for hydroxylation is 2. The second-order valence-corrected chi connectivity index (χ2v) is 32.4. The number of nitrogens with zero attached hydrogens (tertiary/aromatic N) is 18. The van der Waals surface area contributed by atoms with Gasteiger partial charge in [-0.2, -0.15) is 54.0 Å². The van der Waals surface area contributed by atoms with Crippen LogP contribution in [0.15, 0.2) is 244 Å². The first kappa shape index (κ1) is 99.5. The second-order valence-electron chi connectivity index (χ2n) is 32.4. The van der Waals surface area contributed by atoms with Gasteiger partial charge in [-0.15, -0.1) is 0 Å². The maximum absolute atomic E-state index is 12.6. The van der Waals surface area contributed by atoms with Gasteiger partial charge in [-0.3, -0.25) is 36.8 Å². The Morgan fingerprint density at radius 2 is 0.587 bits per heavy atom. The van der Waals surface area contributed by atoms with Crippen molar-refractivity contribution in [1.82, 2.24) is 87.0 Å². The number of nitrogens with one attached hydrogen (secondary N) is 4. The molecule has 0 spiro atoms. The molecule has 0 saturated carbocycles. The van der Waals surface area contributed by atoms with Crippen LogP contribution in [0.4, 0.5) is 69.0 Å². The third-order valence-corrected chi connectivity index (χ3v) is 23.9. The fourth-order valence-corrected chi connectivity index (χ4v) is 17.8. The highest BCUT2D eigenvalue weighted by atomic mass is 32.1. The Bertz CT molecular complexity index is 6930. The van der Waals surface area contributed by atoms with Gasteiger partial charge >= 0.3 is 0 Å². The van der Waals surface area contributed by atoms with E-state index in [1.165, 1.54) is 0 Å². The molecule has 0 radical (unpaired) electrons. The number of amides is 4. The number of carbonyl (C=O) groups is 4. The molecule has 4 amide bonds. The van der Waals surface area contributed by atoms with Crippen molar-refractivity contribution in [2.24, 2.45) is 0 Å². The number of hydrogen-bond donors (Lipinski definition) is 8. The molecule has 4 saturated heterocycles. The van der Waals surface area contributed by atoms with E-state index in [1.54, 1.807) is 79.6 Å². The number of rotatable bonds is 16. The first-order valence-corrected chi connectivity index (χ1v) is 44.3. The summed E-state index contributed by atoms with van der Waals surface area (Å²) in [7, 11) is 0. The Kier molecular flexibility index (Phi) is 32.7. The number of para-hydroxylation sites is 2. The molecule has 34 heteroatoms. The average molecular weight is 1910 g/mol. The van der Waals surface area contributed by atoms with Crippen LogP contribution in [0.2, 0.25) is 0 Å². The highest BCUT2D eigenvalue weighted by Crippen LogP contribution is 2.44. The molecule has 4 fully saturated rings. The largest absolute Gasteiger partial charge is 0.382 e. The number of likely N-dealkylation sites (tertiary alicyclic amines) is 4. The van der Waals surface area contributed by atoms with Crippen LogP contribution in [-0.2, 0) is 19.2 Å². The molecule has 30 nitrogen and oxygen atoms in total. The highest BCUT2D eigenvalue weighted by molar-refractivity contribution is 7.59. The average Bonchev–Trinajstić information content (AvgIpc) is 1.62. The van der Waals surface area contributed by atoms with Crippen LogP contribution >= 0.6 is 54.0 Å². The molecule has 0 unspecified atom stereocenters. The van der Waals surface area contributed by atoms with E-state index in [2.05, 4.69) is 124 Å². The molecule has 4 atom stereocenters. The minimum atomic E-state index is -0.176. The van der Waals surface area contributed by atoms with E-state index in [4.69, 9.17) is 42.9 Å². The second kappa shape index (κ2) is 45.4. The van der Waals surface area contributed by atoms with Gasteiger partial charge in [0.05, 0.1) is 24.2 Å². The van der Waals surface area contributed by atoms with E-state index < -0.39 is 0 Å². The number of fused-ring (bicyclic) bond motifs is 4. The zero-order chi connectivity index (χ0) is 92.9. The van der Waals surface area contributed by atoms with Crippen molar-refractivity contribution in [3.8, 4) is 92.4 Å². The third-order valence-electron chi connectivity index (χ3n) is 23.9. The first-order chi connectivity index (χ1) is 65.4. The van der Waals surface area contributed by atoms with Crippen LogP contribution in [0.25, 0.3) is 67.1 Å². The van der Waals surface area contributed by atoms with Gasteiger partial charge in [-0.1, -0.05) is 109 Å². The van der Waals surface area contributed by atoms with E-state index in [1.807, 2.05) is 218 Å². The lowest BCUT2D eigenvalue weighted by molar-refractivity contribution is -0.126. The predicted molar refractivity (Wildman–Crippen MR) is 565 cm³/mol. The molecule has 6 aromatic carbocycles. The normalized spacial score (nSPS) is 14.8. The highest BCUT2D eigenvalue weighted by Gasteiger charge is 2.39. The first-order valence-electron chi connectivity index (χ1n) is 44.3. The van der Waals surface area contributed by atoms with E-state index in [0.29, 0.717) is 49.5 Å². The van der Waals surface area contributed by atoms with E-state index in [9.17, 15) is 19.2 Å². The molecule has 14 heterocycles. The monoisotopic (exact) mass is 1910 g/mol. The fourth-order valence-electron chi connectivity index (χ4n) is 17.8. The van der Waals surface area contributed by atoms with Gasteiger partial charge in [0, 0.05) is 145 Å². The summed E-state index contributed by atoms with van der Waals surface area (Å²) in [6, 6.07) is 59.2. The maximum Gasteiger partial charge on any atom is 0.299 e.